The molecule has 0 aliphatic rings. The lowest BCUT2D eigenvalue weighted by molar-refractivity contribution is -0.116. The minimum absolute atomic E-state index is 0.0360. The van der Waals surface area contributed by atoms with Gasteiger partial charge in [-0.15, -0.1) is 0 Å². The molecule has 1 aromatic rings. The molecule has 0 bridgehead atoms. The molecule has 0 spiro atoms. The summed E-state index contributed by atoms with van der Waals surface area (Å²) in [5.41, 5.74) is 6.90. The second-order valence-electron chi connectivity index (χ2n) is 3.70. The highest BCUT2D eigenvalue weighted by molar-refractivity contribution is 5.92. The fourth-order valence-corrected chi connectivity index (χ4v) is 1.40. The van der Waals surface area contributed by atoms with Gasteiger partial charge in [0.1, 0.15) is 0 Å². The third-order valence-electron chi connectivity index (χ3n) is 2.28. The van der Waals surface area contributed by atoms with Crippen molar-refractivity contribution in [2.24, 2.45) is 5.73 Å². The van der Waals surface area contributed by atoms with Crippen LogP contribution < -0.4 is 11.1 Å². The van der Waals surface area contributed by atoms with Gasteiger partial charge in [0, 0.05) is 12.0 Å². The number of benzene rings is 1. The third-order valence-corrected chi connectivity index (χ3v) is 2.28. The number of para-hydroxylation sites is 1. The first-order valence-electron chi connectivity index (χ1n) is 5.85. The Labute approximate surface area is 102 Å². The van der Waals surface area contributed by atoms with Crippen molar-refractivity contribution in [2.75, 3.05) is 11.9 Å². The third kappa shape index (κ3) is 4.71. The van der Waals surface area contributed by atoms with Gasteiger partial charge >= 0.3 is 0 Å². The minimum Gasteiger partial charge on any atom is -0.325 e. The summed E-state index contributed by atoms with van der Waals surface area (Å²) in [6.45, 7) is 2.38. The van der Waals surface area contributed by atoms with E-state index in [0.29, 0.717) is 13.0 Å². The van der Waals surface area contributed by atoms with Crippen LogP contribution in [0.3, 0.4) is 0 Å². The molecule has 3 nitrogen and oxygen atoms in total. The second-order valence-corrected chi connectivity index (χ2v) is 3.70. The molecule has 17 heavy (non-hydrogen) atoms. The van der Waals surface area contributed by atoms with E-state index in [0.717, 1.165) is 24.1 Å². The predicted molar refractivity (Wildman–Crippen MR) is 70.5 cm³/mol. The summed E-state index contributed by atoms with van der Waals surface area (Å²) in [5.74, 6) is 5.77. The van der Waals surface area contributed by atoms with Gasteiger partial charge in [0.15, 0.2) is 0 Å². The summed E-state index contributed by atoms with van der Waals surface area (Å²) in [6, 6.07) is 7.49. The molecule has 0 aliphatic heterocycles. The van der Waals surface area contributed by atoms with E-state index in [1.165, 1.54) is 0 Å². The largest absolute Gasteiger partial charge is 0.325 e. The van der Waals surface area contributed by atoms with Crippen molar-refractivity contribution in [2.45, 2.75) is 26.2 Å². The Hall–Kier alpha value is -1.79. The number of anilines is 1. The summed E-state index contributed by atoms with van der Waals surface area (Å²) < 4.78 is 0. The number of amides is 1. The van der Waals surface area contributed by atoms with E-state index < -0.39 is 0 Å². The van der Waals surface area contributed by atoms with Gasteiger partial charge in [-0.05, 0) is 18.6 Å². The first-order chi connectivity index (χ1) is 8.27. The van der Waals surface area contributed by atoms with E-state index in [9.17, 15) is 4.79 Å². The molecule has 0 heterocycles. The van der Waals surface area contributed by atoms with Crippen LogP contribution in [0, 0.1) is 11.8 Å². The van der Waals surface area contributed by atoms with Crippen molar-refractivity contribution >= 4 is 11.6 Å². The molecule has 0 saturated carbocycles. The Morgan fingerprint density at radius 1 is 1.41 bits per heavy atom. The number of nitrogens with two attached hydrogens (primary N) is 1. The maximum atomic E-state index is 11.6. The number of nitrogens with one attached hydrogen (secondary N) is 1. The summed E-state index contributed by atoms with van der Waals surface area (Å²) in [5, 5.41) is 2.87. The fourth-order valence-electron chi connectivity index (χ4n) is 1.40. The molecule has 1 aromatic carbocycles. The SMILES string of the molecule is CCCCC(=O)Nc1ccccc1C#CCN. The molecule has 1 rings (SSSR count). The Balaban J connectivity index is 2.73. The minimum atomic E-state index is 0.0360. The van der Waals surface area contributed by atoms with Crippen LogP contribution in [-0.4, -0.2) is 12.5 Å². The van der Waals surface area contributed by atoms with E-state index in [-0.39, 0.29) is 5.91 Å². The van der Waals surface area contributed by atoms with Crippen LogP contribution in [0.2, 0.25) is 0 Å². The molecule has 0 aliphatic carbocycles. The van der Waals surface area contributed by atoms with Crippen molar-refractivity contribution < 1.29 is 4.79 Å². The first-order valence-corrected chi connectivity index (χ1v) is 5.85. The van der Waals surface area contributed by atoms with E-state index in [1.807, 2.05) is 24.3 Å². The van der Waals surface area contributed by atoms with E-state index in [1.54, 1.807) is 0 Å². The highest BCUT2D eigenvalue weighted by Crippen LogP contribution is 2.14. The van der Waals surface area contributed by atoms with E-state index in [2.05, 4.69) is 24.1 Å². The Kier molecular flexibility index (Phi) is 5.84. The normalized spacial score (nSPS) is 9.29. The zero-order valence-electron chi connectivity index (χ0n) is 10.1. The monoisotopic (exact) mass is 230 g/mol. The van der Waals surface area contributed by atoms with E-state index >= 15 is 0 Å². The van der Waals surface area contributed by atoms with Gasteiger partial charge in [0.25, 0.3) is 0 Å². The smallest absolute Gasteiger partial charge is 0.224 e. The molecule has 3 heteroatoms. The molecule has 1 amide bonds. The van der Waals surface area contributed by atoms with Gasteiger partial charge in [0.2, 0.25) is 5.91 Å². The highest BCUT2D eigenvalue weighted by Gasteiger charge is 2.04. The number of carbonyl (C=O) groups is 1. The van der Waals surface area contributed by atoms with Crippen molar-refractivity contribution in [3.8, 4) is 11.8 Å². The molecule has 0 aromatic heterocycles. The Morgan fingerprint density at radius 2 is 2.18 bits per heavy atom. The zero-order valence-corrected chi connectivity index (χ0v) is 10.1. The average Bonchev–Trinajstić information content (AvgIpc) is 2.35. The van der Waals surface area contributed by atoms with Crippen LogP contribution >= 0.6 is 0 Å². The van der Waals surface area contributed by atoms with Crippen LogP contribution in [0.4, 0.5) is 5.69 Å². The predicted octanol–water partition coefficient (Wildman–Crippen LogP) is 2.13. The molecule has 0 radical (unpaired) electrons. The zero-order chi connectivity index (χ0) is 12.5. The Morgan fingerprint density at radius 3 is 2.88 bits per heavy atom. The summed E-state index contributed by atoms with van der Waals surface area (Å²) in [4.78, 5) is 11.6. The Bertz CT molecular complexity index is 429. The van der Waals surface area contributed by atoms with Gasteiger partial charge in [-0.2, -0.15) is 0 Å². The number of carbonyl (C=O) groups excluding carboxylic acids is 1. The van der Waals surface area contributed by atoms with Gasteiger partial charge in [-0.1, -0.05) is 37.3 Å². The van der Waals surface area contributed by atoms with Crippen molar-refractivity contribution in [3.05, 3.63) is 29.8 Å². The molecule has 0 fully saturated rings. The first kappa shape index (κ1) is 13.3. The van der Waals surface area contributed by atoms with Crippen molar-refractivity contribution in [1.82, 2.24) is 0 Å². The highest BCUT2D eigenvalue weighted by atomic mass is 16.1. The molecule has 0 atom stereocenters. The molecule has 0 saturated heterocycles. The van der Waals surface area contributed by atoms with E-state index in [4.69, 9.17) is 5.73 Å². The lowest BCUT2D eigenvalue weighted by Crippen LogP contribution is -2.11. The number of rotatable bonds is 4. The van der Waals surface area contributed by atoms with Gasteiger partial charge in [0.05, 0.1) is 12.2 Å². The second kappa shape index (κ2) is 7.48. The van der Waals surface area contributed by atoms with Crippen LogP contribution in [0.25, 0.3) is 0 Å². The maximum Gasteiger partial charge on any atom is 0.224 e. The molecule has 0 unspecified atom stereocenters. The average molecular weight is 230 g/mol. The molecule has 3 N–H and O–H groups in total. The fraction of sp³-hybridized carbons (Fsp3) is 0.357. The van der Waals surface area contributed by atoms with Gasteiger partial charge in [-0.25, -0.2) is 0 Å². The topological polar surface area (TPSA) is 55.1 Å². The summed E-state index contributed by atoms with van der Waals surface area (Å²) in [7, 11) is 0. The molecular formula is C14H18N2O. The standard InChI is InChI=1S/C14H18N2O/c1-2-3-10-14(17)16-13-9-5-4-7-12(13)8-6-11-15/h4-5,7,9H,2-3,10-11,15H2,1H3,(H,16,17). The van der Waals surface area contributed by atoms with Crippen molar-refractivity contribution in [1.29, 1.82) is 0 Å². The number of hydrogen-bond donors (Lipinski definition) is 2. The summed E-state index contributed by atoms with van der Waals surface area (Å²) in [6.07, 6.45) is 2.47. The maximum absolute atomic E-state index is 11.6. The number of unbranched alkanes of at least 4 members (excludes halogenated alkanes) is 1. The van der Waals surface area contributed by atoms with Crippen LogP contribution in [0.5, 0.6) is 0 Å². The van der Waals surface area contributed by atoms with Crippen LogP contribution in [0.15, 0.2) is 24.3 Å². The molecular weight excluding hydrogens is 212 g/mol. The number of hydrogen-bond acceptors (Lipinski definition) is 2. The lowest BCUT2D eigenvalue weighted by Gasteiger charge is -2.06. The summed E-state index contributed by atoms with van der Waals surface area (Å²) >= 11 is 0. The molecule has 90 valence electrons. The van der Waals surface area contributed by atoms with Crippen molar-refractivity contribution in [3.63, 3.8) is 0 Å². The van der Waals surface area contributed by atoms with Gasteiger partial charge < -0.3 is 11.1 Å². The lowest BCUT2D eigenvalue weighted by atomic mass is 10.1. The van der Waals surface area contributed by atoms with Gasteiger partial charge in [-0.3, -0.25) is 4.79 Å². The van der Waals surface area contributed by atoms with Crippen LogP contribution in [0.1, 0.15) is 31.7 Å². The quantitative estimate of drug-likeness (QED) is 0.778. The van der Waals surface area contributed by atoms with Crippen LogP contribution in [-0.2, 0) is 4.79 Å².